The van der Waals surface area contributed by atoms with Crippen molar-refractivity contribution >= 4 is 15.9 Å². The molecule has 0 N–H and O–H groups in total. The Kier molecular flexibility index (Phi) is 6.29. The number of sulfonamides is 1. The quantitative estimate of drug-likeness (QED) is 0.723. The highest BCUT2D eigenvalue weighted by Crippen LogP contribution is 2.18. The number of rotatable bonds is 7. The number of amides is 1. The van der Waals surface area contributed by atoms with E-state index < -0.39 is 10.0 Å². The third-order valence-corrected chi connectivity index (χ3v) is 5.74. The SMILES string of the molecule is CC(C)CN1CCN(Cc2ccc(CN(C)S(C)(=O)=O)o2)C(C)C1=O. The Balaban J connectivity index is 1.96. The molecule has 25 heavy (non-hydrogen) atoms. The maximum absolute atomic E-state index is 12.5. The number of hydrogen-bond acceptors (Lipinski definition) is 5. The molecule has 0 radical (unpaired) electrons. The van der Waals surface area contributed by atoms with E-state index in [1.807, 2.05) is 17.9 Å². The Labute approximate surface area is 150 Å². The number of hydrogen-bond donors (Lipinski definition) is 0. The highest BCUT2D eigenvalue weighted by Gasteiger charge is 2.32. The van der Waals surface area contributed by atoms with Crippen molar-refractivity contribution in [1.82, 2.24) is 14.1 Å². The first-order valence-corrected chi connectivity index (χ1v) is 10.4. The maximum Gasteiger partial charge on any atom is 0.239 e. The Morgan fingerprint density at radius 2 is 1.92 bits per heavy atom. The van der Waals surface area contributed by atoms with E-state index in [0.29, 0.717) is 18.2 Å². The summed E-state index contributed by atoms with van der Waals surface area (Å²) in [6.45, 7) is 9.23. The van der Waals surface area contributed by atoms with Crippen LogP contribution in [0, 0.1) is 5.92 Å². The van der Waals surface area contributed by atoms with Crippen LogP contribution >= 0.6 is 0 Å². The standard InChI is InChI=1S/C17H29N3O4S/c1-13(2)10-20-9-8-19(14(3)17(20)21)12-16-7-6-15(24-16)11-18(4)25(5,22)23/h6-7,13-14H,8-12H2,1-5H3. The van der Waals surface area contributed by atoms with E-state index in [4.69, 9.17) is 4.42 Å². The lowest BCUT2D eigenvalue weighted by molar-refractivity contribution is -0.142. The van der Waals surface area contributed by atoms with E-state index >= 15 is 0 Å². The fourth-order valence-corrected chi connectivity index (χ4v) is 3.30. The Morgan fingerprint density at radius 3 is 2.52 bits per heavy atom. The molecular weight excluding hydrogens is 342 g/mol. The monoisotopic (exact) mass is 371 g/mol. The molecule has 142 valence electrons. The molecule has 0 aromatic carbocycles. The fourth-order valence-electron chi connectivity index (χ4n) is 2.94. The molecule has 1 aromatic heterocycles. The number of carbonyl (C=O) groups excluding carboxylic acids is 1. The lowest BCUT2D eigenvalue weighted by Crippen LogP contribution is -2.55. The molecule has 8 heteroatoms. The smallest absolute Gasteiger partial charge is 0.239 e. The van der Waals surface area contributed by atoms with E-state index in [9.17, 15) is 13.2 Å². The molecule has 1 aromatic rings. The normalized spacial score (nSPS) is 20.0. The van der Waals surface area contributed by atoms with Crippen LogP contribution in [-0.2, 0) is 27.9 Å². The van der Waals surface area contributed by atoms with Gasteiger partial charge in [-0.05, 0) is 25.0 Å². The third-order valence-electron chi connectivity index (χ3n) is 4.48. The van der Waals surface area contributed by atoms with Gasteiger partial charge in [0.1, 0.15) is 11.5 Å². The lowest BCUT2D eigenvalue weighted by Gasteiger charge is -2.39. The molecule has 1 aliphatic heterocycles. The van der Waals surface area contributed by atoms with Crippen LogP contribution in [0.1, 0.15) is 32.3 Å². The van der Waals surface area contributed by atoms with E-state index in [2.05, 4.69) is 18.7 Å². The molecular formula is C17H29N3O4S. The number of nitrogens with zero attached hydrogens (tertiary/aromatic N) is 3. The van der Waals surface area contributed by atoms with E-state index in [0.717, 1.165) is 25.4 Å². The van der Waals surface area contributed by atoms with Gasteiger partial charge < -0.3 is 9.32 Å². The second-order valence-corrected chi connectivity index (χ2v) is 9.30. The number of carbonyl (C=O) groups is 1. The first kappa shape index (κ1) is 19.9. The van der Waals surface area contributed by atoms with E-state index in [1.54, 1.807) is 6.07 Å². The van der Waals surface area contributed by atoms with Gasteiger partial charge >= 0.3 is 0 Å². The van der Waals surface area contributed by atoms with Crippen molar-refractivity contribution in [1.29, 1.82) is 0 Å². The van der Waals surface area contributed by atoms with Crippen LogP contribution in [0.15, 0.2) is 16.5 Å². The van der Waals surface area contributed by atoms with Gasteiger partial charge in [0.15, 0.2) is 0 Å². The van der Waals surface area contributed by atoms with Crippen LogP contribution in [0.3, 0.4) is 0 Å². The fraction of sp³-hybridized carbons (Fsp3) is 0.706. The van der Waals surface area contributed by atoms with E-state index in [1.165, 1.54) is 17.6 Å². The number of piperazine rings is 1. The molecule has 0 aliphatic carbocycles. The Bertz CT molecular complexity index is 699. The zero-order valence-electron chi connectivity index (χ0n) is 15.7. The summed E-state index contributed by atoms with van der Waals surface area (Å²) < 4.78 is 30.0. The summed E-state index contributed by atoms with van der Waals surface area (Å²) in [6, 6.07) is 3.46. The minimum Gasteiger partial charge on any atom is -0.463 e. The van der Waals surface area contributed by atoms with Crippen molar-refractivity contribution < 1.29 is 17.6 Å². The molecule has 2 heterocycles. The Morgan fingerprint density at radius 1 is 1.28 bits per heavy atom. The first-order chi connectivity index (χ1) is 11.6. The molecule has 1 atom stereocenters. The predicted octanol–water partition coefficient (Wildman–Crippen LogP) is 1.36. The van der Waals surface area contributed by atoms with Gasteiger partial charge in [0.25, 0.3) is 0 Å². The lowest BCUT2D eigenvalue weighted by atomic mass is 10.1. The van der Waals surface area contributed by atoms with Gasteiger partial charge in [0.05, 0.1) is 25.4 Å². The van der Waals surface area contributed by atoms with Crippen LogP contribution in [0.2, 0.25) is 0 Å². The predicted molar refractivity (Wildman–Crippen MR) is 96.3 cm³/mol. The molecule has 0 bridgehead atoms. The molecule has 1 aliphatic rings. The van der Waals surface area contributed by atoms with Gasteiger partial charge in [-0.2, -0.15) is 4.31 Å². The highest BCUT2D eigenvalue weighted by atomic mass is 32.2. The van der Waals surface area contributed by atoms with Crippen molar-refractivity contribution in [2.75, 3.05) is 32.9 Å². The zero-order chi connectivity index (χ0) is 18.8. The van der Waals surface area contributed by atoms with Crippen molar-refractivity contribution in [2.24, 2.45) is 5.92 Å². The average Bonchev–Trinajstić information content (AvgIpc) is 2.93. The van der Waals surface area contributed by atoms with Gasteiger partial charge in [-0.15, -0.1) is 0 Å². The Hall–Kier alpha value is -1.38. The zero-order valence-corrected chi connectivity index (χ0v) is 16.5. The van der Waals surface area contributed by atoms with Crippen LogP contribution in [0.4, 0.5) is 0 Å². The van der Waals surface area contributed by atoms with Crippen LogP contribution in [0.5, 0.6) is 0 Å². The molecule has 1 saturated heterocycles. The van der Waals surface area contributed by atoms with E-state index in [-0.39, 0.29) is 18.5 Å². The molecule has 2 rings (SSSR count). The molecule has 1 unspecified atom stereocenters. The largest absolute Gasteiger partial charge is 0.463 e. The van der Waals surface area contributed by atoms with Gasteiger partial charge in [-0.25, -0.2) is 8.42 Å². The summed E-state index contributed by atoms with van der Waals surface area (Å²) in [5.74, 6) is 1.96. The summed E-state index contributed by atoms with van der Waals surface area (Å²) in [7, 11) is -1.72. The minimum absolute atomic E-state index is 0.156. The van der Waals surface area contributed by atoms with Gasteiger partial charge in [0.2, 0.25) is 15.9 Å². The summed E-state index contributed by atoms with van der Waals surface area (Å²) in [5, 5.41) is 0. The second kappa shape index (κ2) is 7.88. The van der Waals surface area contributed by atoms with Crippen molar-refractivity contribution in [3.05, 3.63) is 23.7 Å². The summed E-state index contributed by atoms with van der Waals surface area (Å²) in [6.07, 6.45) is 1.17. The second-order valence-electron chi connectivity index (χ2n) is 7.21. The molecule has 7 nitrogen and oxygen atoms in total. The van der Waals surface area contributed by atoms with Gasteiger partial charge in [-0.1, -0.05) is 13.8 Å². The highest BCUT2D eigenvalue weighted by molar-refractivity contribution is 7.88. The topological polar surface area (TPSA) is 74.1 Å². The minimum atomic E-state index is -3.24. The molecule has 1 fully saturated rings. The van der Waals surface area contributed by atoms with Gasteiger partial charge in [0, 0.05) is 26.7 Å². The summed E-state index contributed by atoms with van der Waals surface area (Å²) in [4.78, 5) is 16.5. The van der Waals surface area contributed by atoms with Crippen molar-refractivity contribution in [3.63, 3.8) is 0 Å². The van der Waals surface area contributed by atoms with Crippen molar-refractivity contribution in [3.8, 4) is 0 Å². The summed E-state index contributed by atoms with van der Waals surface area (Å²) >= 11 is 0. The number of furan rings is 1. The molecule has 1 amide bonds. The first-order valence-electron chi connectivity index (χ1n) is 8.59. The maximum atomic E-state index is 12.5. The van der Waals surface area contributed by atoms with Crippen LogP contribution in [0.25, 0.3) is 0 Å². The third kappa shape index (κ3) is 5.29. The average molecular weight is 372 g/mol. The van der Waals surface area contributed by atoms with Crippen LogP contribution < -0.4 is 0 Å². The molecule has 0 saturated carbocycles. The van der Waals surface area contributed by atoms with Crippen molar-refractivity contribution in [2.45, 2.75) is 39.9 Å². The summed E-state index contributed by atoms with van der Waals surface area (Å²) in [5.41, 5.74) is 0. The molecule has 0 spiro atoms. The van der Waals surface area contributed by atoms with Crippen LogP contribution in [-0.4, -0.2) is 67.4 Å². The van der Waals surface area contributed by atoms with Gasteiger partial charge in [-0.3, -0.25) is 9.69 Å².